The lowest BCUT2D eigenvalue weighted by Gasteiger charge is -2.16. The average molecular weight is 238 g/mol. The van der Waals surface area contributed by atoms with Gasteiger partial charge in [0.2, 0.25) is 0 Å². The van der Waals surface area contributed by atoms with Crippen molar-refractivity contribution in [2.45, 2.75) is 52.6 Å². The highest BCUT2D eigenvalue weighted by molar-refractivity contribution is 5.97. The van der Waals surface area contributed by atoms with Crippen molar-refractivity contribution in [1.29, 1.82) is 0 Å². The maximum absolute atomic E-state index is 12.1. The fraction of sp³-hybridized carbons (Fsp3) is 0.667. The van der Waals surface area contributed by atoms with Gasteiger partial charge in [0.05, 0.1) is 11.9 Å². The summed E-state index contributed by atoms with van der Waals surface area (Å²) in [5, 5.41) is 7.07. The first-order chi connectivity index (χ1) is 8.13. The predicted octanol–water partition coefficient (Wildman–Crippen LogP) is 1.79. The zero-order valence-electron chi connectivity index (χ0n) is 10.9. The fourth-order valence-electron chi connectivity index (χ4n) is 1.87. The molecule has 0 spiro atoms. The van der Waals surface area contributed by atoms with Crippen molar-refractivity contribution in [3.8, 4) is 0 Å². The number of aromatic nitrogens is 2. The van der Waals surface area contributed by atoms with E-state index in [2.05, 4.69) is 24.3 Å². The Morgan fingerprint density at radius 2 is 2.24 bits per heavy atom. The maximum Gasteiger partial charge on any atom is 0.271 e. The lowest BCUT2D eigenvalue weighted by Crippen LogP contribution is -2.36. The SMILES string of the molecule is CCCC(CC)NC(=O)c1c(N)cnn1CC. The molecule has 1 aromatic heterocycles. The van der Waals surface area contributed by atoms with Crippen LogP contribution in [0.4, 0.5) is 5.69 Å². The number of rotatable bonds is 6. The van der Waals surface area contributed by atoms with E-state index in [0.717, 1.165) is 19.3 Å². The summed E-state index contributed by atoms with van der Waals surface area (Å²) in [5.74, 6) is -0.123. The van der Waals surface area contributed by atoms with Crippen LogP contribution in [-0.4, -0.2) is 21.7 Å². The zero-order chi connectivity index (χ0) is 12.8. The quantitative estimate of drug-likeness (QED) is 0.793. The summed E-state index contributed by atoms with van der Waals surface area (Å²) < 4.78 is 1.63. The lowest BCUT2D eigenvalue weighted by atomic mass is 10.1. The Morgan fingerprint density at radius 1 is 1.53 bits per heavy atom. The van der Waals surface area contributed by atoms with Crippen LogP contribution in [-0.2, 0) is 6.54 Å². The molecule has 0 saturated carbocycles. The number of nitrogens with one attached hydrogen (secondary N) is 1. The Balaban J connectivity index is 2.78. The number of anilines is 1. The molecule has 5 heteroatoms. The molecule has 1 heterocycles. The Labute approximate surface area is 102 Å². The summed E-state index contributed by atoms with van der Waals surface area (Å²) in [6.45, 7) is 6.76. The minimum Gasteiger partial charge on any atom is -0.396 e. The first kappa shape index (κ1) is 13.5. The summed E-state index contributed by atoms with van der Waals surface area (Å²) in [7, 11) is 0. The second-order valence-electron chi connectivity index (χ2n) is 4.13. The molecule has 1 aromatic rings. The number of hydrogen-bond acceptors (Lipinski definition) is 3. The van der Waals surface area contributed by atoms with Crippen LogP contribution in [0.3, 0.4) is 0 Å². The van der Waals surface area contributed by atoms with Crippen LogP contribution in [0.15, 0.2) is 6.20 Å². The van der Waals surface area contributed by atoms with Crippen molar-refractivity contribution < 1.29 is 4.79 Å². The number of amides is 1. The van der Waals surface area contributed by atoms with Gasteiger partial charge < -0.3 is 11.1 Å². The van der Waals surface area contributed by atoms with E-state index in [9.17, 15) is 4.79 Å². The van der Waals surface area contributed by atoms with Crippen molar-refractivity contribution in [3.63, 3.8) is 0 Å². The van der Waals surface area contributed by atoms with E-state index in [-0.39, 0.29) is 11.9 Å². The largest absolute Gasteiger partial charge is 0.396 e. The highest BCUT2D eigenvalue weighted by Crippen LogP contribution is 2.12. The Morgan fingerprint density at radius 3 is 2.76 bits per heavy atom. The van der Waals surface area contributed by atoms with Crippen LogP contribution < -0.4 is 11.1 Å². The molecule has 0 aromatic carbocycles. The number of nitrogen functional groups attached to an aromatic ring is 1. The van der Waals surface area contributed by atoms with Crippen LogP contribution in [0.25, 0.3) is 0 Å². The molecule has 0 aliphatic rings. The Bertz CT molecular complexity index is 373. The normalized spacial score (nSPS) is 12.4. The van der Waals surface area contributed by atoms with Crippen molar-refractivity contribution in [2.75, 3.05) is 5.73 Å². The number of nitrogens with two attached hydrogens (primary N) is 1. The second kappa shape index (κ2) is 6.27. The molecule has 5 nitrogen and oxygen atoms in total. The van der Waals surface area contributed by atoms with Crippen LogP contribution in [0, 0.1) is 0 Å². The first-order valence-electron chi connectivity index (χ1n) is 6.26. The van der Waals surface area contributed by atoms with Gasteiger partial charge in [0.25, 0.3) is 5.91 Å². The minimum absolute atomic E-state index is 0.123. The molecule has 1 unspecified atom stereocenters. The van der Waals surface area contributed by atoms with Gasteiger partial charge in [-0.25, -0.2) is 0 Å². The number of carbonyl (C=O) groups is 1. The third-order valence-corrected chi connectivity index (χ3v) is 2.85. The van der Waals surface area contributed by atoms with E-state index in [0.29, 0.717) is 17.9 Å². The molecule has 1 amide bonds. The molecule has 0 radical (unpaired) electrons. The van der Waals surface area contributed by atoms with E-state index in [1.165, 1.54) is 6.20 Å². The number of carbonyl (C=O) groups excluding carboxylic acids is 1. The van der Waals surface area contributed by atoms with Crippen LogP contribution in [0.1, 0.15) is 50.5 Å². The standard InChI is InChI=1S/C12H22N4O/c1-4-7-9(5-2)15-12(17)11-10(13)8-14-16(11)6-3/h8-9H,4-7,13H2,1-3H3,(H,15,17). The summed E-state index contributed by atoms with van der Waals surface area (Å²) in [6, 6.07) is 0.215. The molecule has 3 N–H and O–H groups in total. The molecule has 1 atom stereocenters. The van der Waals surface area contributed by atoms with E-state index < -0.39 is 0 Å². The van der Waals surface area contributed by atoms with E-state index in [1.807, 2.05) is 6.92 Å². The van der Waals surface area contributed by atoms with E-state index in [1.54, 1.807) is 4.68 Å². The molecule has 0 saturated heterocycles. The van der Waals surface area contributed by atoms with Gasteiger partial charge in [-0.05, 0) is 19.8 Å². The molecular weight excluding hydrogens is 216 g/mol. The molecule has 0 aliphatic carbocycles. The van der Waals surface area contributed by atoms with Gasteiger partial charge in [0.15, 0.2) is 0 Å². The number of hydrogen-bond donors (Lipinski definition) is 2. The lowest BCUT2D eigenvalue weighted by molar-refractivity contribution is 0.0924. The van der Waals surface area contributed by atoms with Gasteiger partial charge in [-0.15, -0.1) is 0 Å². The minimum atomic E-state index is -0.123. The van der Waals surface area contributed by atoms with E-state index >= 15 is 0 Å². The maximum atomic E-state index is 12.1. The van der Waals surface area contributed by atoms with Crippen molar-refractivity contribution >= 4 is 11.6 Å². The Kier molecular flexibility index (Phi) is 5.00. The molecule has 96 valence electrons. The smallest absolute Gasteiger partial charge is 0.271 e. The van der Waals surface area contributed by atoms with Crippen molar-refractivity contribution in [3.05, 3.63) is 11.9 Å². The third kappa shape index (κ3) is 3.22. The predicted molar refractivity (Wildman–Crippen MR) is 68.8 cm³/mol. The van der Waals surface area contributed by atoms with Crippen molar-refractivity contribution in [1.82, 2.24) is 15.1 Å². The molecular formula is C12H22N4O. The number of aryl methyl sites for hydroxylation is 1. The van der Waals surface area contributed by atoms with Crippen LogP contribution in [0.2, 0.25) is 0 Å². The van der Waals surface area contributed by atoms with Crippen LogP contribution in [0.5, 0.6) is 0 Å². The molecule has 0 aliphatic heterocycles. The summed E-state index contributed by atoms with van der Waals surface area (Å²) in [6.07, 6.45) is 4.50. The zero-order valence-corrected chi connectivity index (χ0v) is 10.9. The van der Waals surface area contributed by atoms with E-state index in [4.69, 9.17) is 5.73 Å². The van der Waals surface area contributed by atoms with Crippen molar-refractivity contribution in [2.24, 2.45) is 0 Å². The Hall–Kier alpha value is -1.52. The average Bonchev–Trinajstić information content (AvgIpc) is 2.69. The highest BCUT2D eigenvalue weighted by Gasteiger charge is 2.18. The van der Waals surface area contributed by atoms with Gasteiger partial charge in [-0.3, -0.25) is 9.48 Å². The highest BCUT2D eigenvalue weighted by atomic mass is 16.2. The first-order valence-corrected chi connectivity index (χ1v) is 6.26. The summed E-state index contributed by atoms with van der Waals surface area (Å²) >= 11 is 0. The summed E-state index contributed by atoms with van der Waals surface area (Å²) in [5.41, 5.74) is 6.68. The molecule has 17 heavy (non-hydrogen) atoms. The third-order valence-electron chi connectivity index (χ3n) is 2.85. The van der Waals surface area contributed by atoms with Gasteiger partial charge >= 0.3 is 0 Å². The fourth-order valence-corrected chi connectivity index (χ4v) is 1.87. The van der Waals surface area contributed by atoms with Crippen LogP contribution >= 0.6 is 0 Å². The monoisotopic (exact) mass is 238 g/mol. The van der Waals surface area contributed by atoms with Gasteiger partial charge in [-0.2, -0.15) is 5.10 Å². The molecule has 0 fully saturated rings. The molecule has 1 rings (SSSR count). The second-order valence-corrected chi connectivity index (χ2v) is 4.13. The van der Waals surface area contributed by atoms with Gasteiger partial charge in [0.1, 0.15) is 5.69 Å². The number of nitrogens with zero attached hydrogens (tertiary/aromatic N) is 2. The van der Waals surface area contributed by atoms with Gasteiger partial charge in [0, 0.05) is 12.6 Å². The van der Waals surface area contributed by atoms with Gasteiger partial charge in [-0.1, -0.05) is 20.3 Å². The topological polar surface area (TPSA) is 72.9 Å². The molecule has 0 bridgehead atoms. The summed E-state index contributed by atoms with van der Waals surface area (Å²) in [4.78, 5) is 12.1.